The van der Waals surface area contributed by atoms with Crippen LogP contribution < -0.4 is 5.32 Å². The number of rotatable bonds is 7. The number of carboxylic acids is 2. The van der Waals surface area contributed by atoms with Gasteiger partial charge in [0.2, 0.25) is 0 Å². The van der Waals surface area contributed by atoms with Gasteiger partial charge in [-0.2, -0.15) is 0 Å². The Kier molecular flexibility index (Phi) is 10.7. The fourth-order valence-corrected chi connectivity index (χ4v) is 3.16. The lowest BCUT2D eigenvalue weighted by molar-refractivity contribution is -0.251. The van der Waals surface area contributed by atoms with E-state index >= 15 is 0 Å². The molecule has 0 aromatic heterocycles. The third-order valence-corrected chi connectivity index (χ3v) is 5.25. The lowest BCUT2D eigenvalue weighted by atomic mass is 10.2. The predicted octanol–water partition coefficient (Wildman–Crippen LogP) is -0.680. The second kappa shape index (κ2) is 12.2. The van der Waals surface area contributed by atoms with Crippen molar-refractivity contribution in [3.05, 3.63) is 0 Å². The summed E-state index contributed by atoms with van der Waals surface area (Å²) < 4.78 is 0. The zero-order valence-electron chi connectivity index (χ0n) is 16.5. The van der Waals surface area contributed by atoms with Gasteiger partial charge in [0.1, 0.15) is 12.1 Å². The van der Waals surface area contributed by atoms with Crippen LogP contribution in [0.3, 0.4) is 0 Å². The molecule has 0 aromatic carbocycles. The van der Waals surface area contributed by atoms with E-state index in [-0.39, 0.29) is 12.6 Å². The third kappa shape index (κ3) is 8.08. The highest BCUT2D eigenvalue weighted by Crippen LogP contribution is 2.07. The van der Waals surface area contributed by atoms with Crippen LogP contribution in [-0.2, 0) is 14.5 Å². The second-order valence-corrected chi connectivity index (χ2v) is 7.03. The first-order valence-electron chi connectivity index (χ1n) is 9.42. The molecule has 1 aliphatic rings. The van der Waals surface area contributed by atoms with Crippen molar-refractivity contribution in [3.8, 4) is 0 Å². The molecule has 4 N–H and O–H groups in total. The van der Waals surface area contributed by atoms with Gasteiger partial charge in [0.25, 0.3) is 0 Å². The Morgan fingerprint density at radius 3 is 1.63 bits per heavy atom. The Labute approximate surface area is 160 Å². The molecule has 3 atom stereocenters. The number of aliphatic carboxylic acids is 2. The summed E-state index contributed by atoms with van der Waals surface area (Å²) in [4.78, 5) is 33.0. The molecule has 0 amide bonds. The van der Waals surface area contributed by atoms with Gasteiger partial charge in [-0.15, -0.1) is 0 Å². The number of hydrogen-bond donors (Lipinski definition) is 4. The van der Waals surface area contributed by atoms with Gasteiger partial charge in [-0.05, 0) is 20.8 Å². The van der Waals surface area contributed by atoms with E-state index in [9.17, 15) is 19.8 Å². The van der Waals surface area contributed by atoms with Crippen LogP contribution in [0.15, 0.2) is 0 Å². The lowest BCUT2D eigenvalue weighted by Crippen LogP contribution is -2.52. The quantitative estimate of drug-likeness (QED) is 0.328. The minimum atomic E-state index is -0.859. The largest absolute Gasteiger partial charge is 0.480 e. The van der Waals surface area contributed by atoms with Crippen LogP contribution >= 0.6 is 0 Å². The Morgan fingerprint density at radius 2 is 1.26 bits per heavy atom. The molecule has 10 nitrogen and oxygen atoms in total. The van der Waals surface area contributed by atoms with E-state index in [0.717, 1.165) is 0 Å². The molecule has 1 saturated heterocycles. The molecule has 0 saturated carbocycles. The zero-order chi connectivity index (χ0) is 20.4. The normalized spacial score (nSPS) is 23.0. The van der Waals surface area contributed by atoms with Crippen molar-refractivity contribution in [2.24, 2.45) is 0 Å². The average molecular weight is 390 g/mol. The number of nitrogens with zero attached hydrogens (tertiary/aromatic N) is 3. The van der Waals surface area contributed by atoms with Crippen molar-refractivity contribution in [2.75, 3.05) is 59.0 Å². The fraction of sp³-hybridized carbons (Fsp3) is 0.882. The summed E-state index contributed by atoms with van der Waals surface area (Å²) in [5, 5.41) is 30.7. The van der Waals surface area contributed by atoms with Gasteiger partial charge >= 0.3 is 11.9 Å². The highest BCUT2D eigenvalue weighted by Gasteiger charge is 2.25. The Hall–Kier alpha value is -1.30. The van der Waals surface area contributed by atoms with Crippen LogP contribution in [-0.4, -0.2) is 119 Å². The molecule has 0 spiro atoms. The molecule has 1 heterocycles. The summed E-state index contributed by atoms with van der Waals surface area (Å²) in [5.41, 5.74) is 0. The van der Waals surface area contributed by atoms with E-state index < -0.39 is 24.0 Å². The molecule has 1 rings (SSSR count). The summed E-state index contributed by atoms with van der Waals surface area (Å²) in [5.74, 6) is -1.72. The highest BCUT2D eigenvalue weighted by atomic mass is 17.1. The molecule has 1 aliphatic heterocycles. The number of nitrogens with one attached hydrogen (secondary N) is 1. The van der Waals surface area contributed by atoms with Crippen LogP contribution in [0.2, 0.25) is 0 Å². The van der Waals surface area contributed by atoms with Gasteiger partial charge in [-0.1, -0.05) is 0 Å². The summed E-state index contributed by atoms with van der Waals surface area (Å²) in [7, 11) is 0. The van der Waals surface area contributed by atoms with Crippen molar-refractivity contribution in [1.29, 1.82) is 0 Å². The maximum absolute atomic E-state index is 11.4. The standard InChI is InChI=1S/C17H34N4O6/c1-13(12-27-26)19-8-10-20(14(2)16(22)23)6-4-18-5-7-21(11-9-19)15(3)17(24)25/h13-15,18,26H,4-12H2,1-3H3,(H,22,23)(H,24,25). The van der Waals surface area contributed by atoms with Crippen LogP contribution in [0.4, 0.5) is 0 Å². The molecular formula is C17H34N4O6. The van der Waals surface area contributed by atoms with Gasteiger partial charge in [0, 0.05) is 58.4 Å². The van der Waals surface area contributed by atoms with Crippen LogP contribution in [0.1, 0.15) is 20.8 Å². The molecule has 158 valence electrons. The smallest absolute Gasteiger partial charge is 0.320 e. The van der Waals surface area contributed by atoms with Gasteiger partial charge in [-0.25, -0.2) is 4.89 Å². The van der Waals surface area contributed by atoms with Gasteiger partial charge in [-0.3, -0.25) is 29.5 Å². The van der Waals surface area contributed by atoms with E-state index in [1.165, 1.54) is 0 Å². The van der Waals surface area contributed by atoms with Crippen molar-refractivity contribution in [3.63, 3.8) is 0 Å². The second-order valence-electron chi connectivity index (χ2n) is 7.03. The average Bonchev–Trinajstić information content (AvgIpc) is 2.61. The number of carboxylic acid groups (broad SMARTS) is 2. The zero-order valence-corrected chi connectivity index (χ0v) is 16.5. The molecular weight excluding hydrogens is 356 g/mol. The highest BCUT2D eigenvalue weighted by molar-refractivity contribution is 5.73. The van der Waals surface area contributed by atoms with E-state index in [0.29, 0.717) is 52.4 Å². The molecule has 3 unspecified atom stereocenters. The summed E-state index contributed by atoms with van der Waals surface area (Å²) in [6.45, 7) is 10.1. The van der Waals surface area contributed by atoms with Crippen molar-refractivity contribution < 1.29 is 29.9 Å². The summed E-state index contributed by atoms with van der Waals surface area (Å²) in [6.07, 6.45) is 0. The SMILES string of the molecule is CC(COO)N1CCN(C(C)C(=O)O)CCNCCN(C(C)C(=O)O)CC1. The van der Waals surface area contributed by atoms with Crippen LogP contribution in [0, 0.1) is 0 Å². The molecule has 10 heteroatoms. The third-order valence-electron chi connectivity index (χ3n) is 5.25. The predicted molar refractivity (Wildman–Crippen MR) is 99.8 cm³/mol. The minimum Gasteiger partial charge on any atom is -0.480 e. The Balaban J connectivity index is 2.87. The lowest BCUT2D eigenvalue weighted by Gasteiger charge is -2.36. The molecule has 0 aromatic rings. The topological polar surface area (TPSA) is 126 Å². The first kappa shape index (κ1) is 23.7. The maximum atomic E-state index is 11.4. The van der Waals surface area contributed by atoms with Crippen molar-refractivity contribution in [2.45, 2.75) is 38.9 Å². The Bertz CT molecular complexity index is 433. The van der Waals surface area contributed by atoms with Crippen molar-refractivity contribution >= 4 is 11.9 Å². The molecule has 0 aliphatic carbocycles. The summed E-state index contributed by atoms with van der Waals surface area (Å²) in [6, 6.07) is -1.27. The maximum Gasteiger partial charge on any atom is 0.320 e. The Morgan fingerprint density at radius 1 is 0.852 bits per heavy atom. The van der Waals surface area contributed by atoms with Crippen molar-refractivity contribution in [1.82, 2.24) is 20.0 Å². The van der Waals surface area contributed by atoms with Gasteiger partial charge < -0.3 is 15.5 Å². The van der Waals surface area contributed by atoms with Gasteiger partial charge in [0.05, 0.1) is 6.61 Å². The van der Waals surface area contributed by atoms with E-state index in [2.05, 4.69) is 15.1 Å². The monoisotopic (exact) mass is 390 g/mol. The minimum absolute atomic E-state index is 0.0833. The van der Waals surface area contributed by atoms with E-state index in [1.54, 1.807) is 13.8 Å². The molecule has 27 heavy (non-hydrogen) atoms. The van der Waals surface area contributed by atoms with Crippen LogP contribution in [0.25, 0.3) is 0 Å². The van der Waals surface area contributed by atoms with E-state index in [4.69, 9.17) is 5.26 Å². The first-order chi connectivity index (χ1) is 12.8. The molecule has 0 bridgehead atoms. The molecule has 1 fully saturated rings. The fourth-order valence-electron chi connectivity index (χ4n) is 3.16. The number of hydrogen-bond acceptors (Lipinski definition) is 8. The number of carbonyl (C=O) groups is 2. The molecule has 0 radical (unpaired) electrons. The summed E-state index contributed by atoms with van der Waals surface area (Å²) >= 11 is 0. The van der Waals surface area contributed by atoms with E-state index in [1.807, 2.05) is 16.7 Å². The first-order valence-corrected chi connectivity index (χ1v) is 9.42. The van der Waals surface area contributed by atoms with Gasteiger partial charge in [0.15, 0.2) is 0 Å². The van der Waals surface area contributed by atoms with Crippen LogP contribution in [0.5, 0.6) is 0 Å².